The van der Waals surface area contributed by atoms with Crippen molar-refractivity contribution in [1.82, 2.24) is 19.9 Å². The van der Waals surface area contributed by atoms with Crippen LogP contribution in [0, 0.1) is 0 Å². The number of amides is 1. The van der Waals surface area contributed by atoms with Crippen molar-refractivity contribution >= 4 is 45.9 Å². The van der Waals surface area contributed by atoms with E-state index in [1.165, 1.54) is 12.4 Å². The van der Waals surface area contributed by atoms with E-state index < -0.39 is 0 Å². The molecule has 1 unspecified atom stereocenters. The maximum Gasteiger partial charge on any atom is 0.246 e. The Morgan fingerprint density at radius 3 is 2.92 bits per heavy atom. The van der Waals surface area contributed by atoms with Crippen LogP contribution in [0.4, 0.5) is 17.3 Å². The number of hydrogen-bond acceptors (Lipinski definition) is 9. The standard InChI is InChI=1S/C25H27ClN6O4/c1-2-22(33)32-9-8-17(13-32)29-21-7-5-19-24(31-21)25(28-15-27-19)30-16-4-6-20(18(26)12-16)36-14-23-34-10-3-11-35-23/h2,4-7,12,15,17,23H,1,3,8-11,13-14H2,(H,29,31)(H,27,28,30). The van der Waals surface area contributed by atoms with Gasteiger partial charge < -0.3 is 29.7 Å². The number of fused-ring (bicyclic) bond motifs is 1. The fourth-order valence-electron chi connectivity index (χ4n) is 4.15. The van der Waals surface area contributed by atoms with Crippen molar-refractivity contribution < 1.29 is 19.0 Å². The third kappa shape index (κ3) is 5.67. The van der Waals surface area contributed by atoms with Gasteiger partial charge in [0.2, 0.25) is 5.91 Å². The van der Waals surface area contributed by atoms with Crippen molar-refractivity contribution in [2.24, 2.45) is 0 Å². The molecule has 2 N–H and O–H groups in total. The first-order valence-corrected chi connectivity index (χ1v) is 12.2. The van der Waals surface area contributed by atoms with Crippen LogP contribution in [0.15, 0.2) is 49.3 Å². The average Bonchev–Trinajstić information content (AvgIpc) is 3.37. The highest BCUT2D eigenvalue weighted by Crippen LogP contribution is 2.31. The van der Waals surface area contributed by atoms with Crippen LogP contribution in [-0.4, -0.2) is 71.0 Å². The van der Waals surface area contributed by atoms with Crippen molar-refractivity contribution in [2.45, 2.75) is 25.2 Å². The highest BCUT2D eigenvalue weighted by atomic mass is 35.5. The van der Waals surface area contributed by atoms with Gasteiger partial charge in [-0.2, -0.15) is 0 Å². The average molecular weight is 511 g/mol. The maximum absolute atomic E-state index is 11.9. The molecular formula is C25H27ClN6O4. The van der Waals surface area contributed by atoms with Crippen LogP contribution in [-0.2, 0) is 14.3 Å². The molecule has 188 valence electrons. The molecule has 36 heavy (non-hydrogen) atoms. The lowest BCUT2D eigenvalue weighted by Crippen LogP contribution is -2.30. The van der Waals surface area contributed by atoms with E-state index in [0.717, 1.165) is 18.5 Å². The van der Waals surface area contributed by atoms with Gasteiger partial charge in [-0.25, -0.2) is 15.0 Å². The van der Waals surface area contributed by atoms with E-state index in [0.29, 0.717) is 59.7 Å². The number of halogens is 1. The van der Waals surface area contributed by atoms with Crippen LogP contribution in [0.3, 0.4) is 0 Å². The number of carbonyl (C=O) groups excluding carboxylic acids is 1. The fraction of sp³-hybridized carbons (Fsp3) is 0.360. The quantitative estimate of drug-likeness (QED) is 0.437. The number of rotatable bonds is 8. The fourth-order valence-corrected chi connectivity index (χ4v) is 4.39. The summed E-state index contributed by atoms with van der Waals surface area (Å²) in [6.07, 6.45) is 4.16. The summed E-state index contributed by atoms with van der Waals surface area (Å²) in [6, 6.07) is 9.27. The lowest BCUT2D eigenvalue weighted by atomic mass is 10.2. The van der Waals surface area contributed by atoms with Crippen molar-refractivity contribution in [3.05, 3.63) is 54.3 Å². The van der Waals surface area contributed by atoms with E-state index >= 15 is 0 Å². The lowest BCUT2D eigenvalue weighted by molar-refractivity contribution is -0.191. The first kappa shape index (κ1) is 24.2. The largest absolute Gasteiger partial charge is 0.487 e. The summed E-state index contributed by atoms with van der Waals surface area (Å²) >= 11 is 6.46. The smallest absolute Gasteiger partial charge is 0.246 e. The zero-order chi connectivity index (χ0) is 24.9. The Morgan fingerprint density at radius 1 is 1.25 bits per heavy atom. The van der Waals surface area contributed by atoms with Gasteiger partial charge in [0.25, 0.3) is 0 Å². The summed E-state index contributed by atoms with van der Waals surface area (Å²) in [6.45, 7) is 6.45. The first-order valence-electron chi connectivity index (χ1n) is 11.8. The molecule has 4 heterocycles. The lowest BCUT2D eigenvalue weighted by Gasteiger charge is -2.23. The molecule has 11 heteroatoms. The van der Waals surface area contributed by atoms with Crippen LogP contribution in [0.1, 0.15) is 12.8 Å². The summed E-state index contributed by atoms with van der Waals surface area (Å²) in [7, 11) is 0. The Labute approximate surface area is 213 Å². The molecule has 1 atom stereocenters. The van der Waals surface area contributed by atoms with E-state index in [4.69, 9.17) is 30.8 Å². The number of nitrogens with one attached hydrogen (secondary N) is 2. The number of pyridine rings is 1. The summed E-state index contributed by atoms with van der Waals surface area (Å²) in [5.74, 6) is 1.72. The molecule has 3 aromatic rings. The Balaban J connectivity index is 1.27. The maximum atomic E-state index is 11.9. The van der Waals surface area contributed by atoms with E-state index in [1.54, 1.807) is 17.0 Å². The third-order valence-corrected chi connectivity index (χ3v) is 6.27. The summed E-state index contributed by atoms with van der Waals surface area (Å²) in [4.78, 5) is 27.1. The molecule has 0 radical (unpaired) electrons. The number of hydrogen-bond donors (Lipinski definition) is 2. The molecule has 1 aromatic carbocycles. The number of ether oxygens (including phenoxy) is 3. The second kappa shape index (κ2) is 11.1. The monoisotopic (exact) mass is 510 g/mol. The molecule has 2 saturated heterocycles. The minimum Gasteiger partial charge on any atom is -0.487 e. The molecule has 0 saturated carbocycles. The van der Waals surface area contributed by atoms with Gasteiger partial charge in [0.05, 0.1) is 23.8 Å². The molecule has 2 aromatic heterocycles. The minimum atomic E-state index is -0.385. The van der Waals surface area contributed by atoms with Gasteiger partial charge in [-0.05, 0) is 49.2 Å². The predicted molar refractivity (Wildman–Crippen MR) is 137 cm³/mol. The Kier molecular flexibility index (Phi) is 7.45. The molecule has 0 spiro atoms. The number of nitrogens with zero attached hydrogens (tertiary/aromatic N) is 4. The van der Waals surface area contributed by atoms with Crippen LogP contribution >= 0.6 is 11.6 Å². The molecular weight excluding hydrogens is 484 g/mol. The van der Waals surface area contributed by atoms with Crippen LogP contribution < -0.4 is 15.4 Å². The van der Waals surface area contributed by atoms with Gasteiger partial charge in [0.15, 0.2) is 12.1 Å². The van der Waals surface area contributed by atoms with E-state index in [-0.39, 0.29) is 24.8 Å². The number of likely N-dealkylation sites (tertiary alicyclic amines) is 1. The summed E-state index contributed by atoms with van der Waals surface area (Å²) in [5.41, 5.74) is 2.04. The van der Waals surface area contributed by atoms with Crippen LogP contribution in [0.2, 0.25) is 5.02 Å². The molecule has 2 aliphatic rings. The molecule has 0 aliphatic carbocycles. The van der Waals surface area contributed by atoms with Crippen molar-refractivity contribution in [3.63, 3.8) is 0 Å². The van der Waals surface area contributed by atoms with E-state index in [9.17, 15) is 4.79 Å². The number of carbonyl (C=O) groups is 1. The molecule has 2 aliphatic heterocycles. The summed E-state index contributed by atoms with van der Waals surface area (Å²) < 4.78 is 16.8. The first-order chi connectivity index (χ1) is 17.6. The zero-order valence-corrected chi connectivity index (χ0v) is 20.4. The Bertz CT molecular complexity index is 1250. The van der Waals surface area contributed by atoms with Crippen LogP contribution in [0.25, 0.3) is 11.0 Å². The Hall–Kier alpha value is -3.47. The molecule has 1 amide bonds. The Morgan fingerprint density at radius 2 is 2.11 bits per heavy atom. The number of anilines is 3. The molecule has 2 fully saturated rings. The van der Waals surface area contributed by atoms with E-state index in [1.807, 2.05) is 18.2 Å². The van der Waals surface area contributed by atoms with Crippen LogP contribution in [0.5, 0.6) is 5.75 Å². The van der Waals surface area contributed by atoms with E-state index in [2.05, 4.69) is 27.2 Å². The second-order valence-corrected chi connectivity index (χ2v) is 8.92. The van der Waals surface area contributed by atoms with Gasteiger partial charge in [-0.15, -0.1) is 0 Å². The van der Waals surface area contributed by atoms with Crippen molar-refractivity contribution in [1.29, 1.82) is 0 Å². The molecule has 0 bridgehead atoms. The van der Waals surface area contributed by atoms with Crippen molar-refractivity contribution in [2.75, 3.05) is 43.5 Å². The van der Waals surface area contributed by atoms with Gasteiger partial charge in [0.1, 0.15) is 30.0 Å². The van der Waals surface area contributed by atoms with Gasteiger partial charge in [-0.1, -0.05) is 18.2 Å². The highest BCUT2D eigenvalue weighted by molar-refractivity contribution is 6.32. The topological polar surface area (TPSA) is 111 Å². The highest BCUT2D eigenvalue weighted by Gasteiger charge is 2.25. The number of aromatic nitrogens is 3. The van der Waals surface area contributed by atoms with Crippen molar-refractivity contribution in [3.8, 4) is 5.75 Å². The molecule has 5 rings (SSSR count). The normalized spacial score (nSPS) is 18.2. The minimum absolute atomic E-state index is 0.0589. The summed E-state index contributed by atoms with van der Waals surface area (Å²) in [5, 5.41) is 7.13. The second-order valence-electron chi connectivity index (χ2n) is 8.51. The predicted octanol–water partition coefficient (Wildman–Crippen LogP) is 3.76. The van der Waals surface area contributed by atoms with Gasteiger partial charge >= 0.3 is 0 Å². The van der Waals surface area contributed by atoms with Gasteiger partial charge in [-0.3, -0.25) is 4.79 Å². The third-order valence-electron chi connectivity index (χ3n) is 5.97. The zero-order valence-electron chi connectivity index (χ0n) is 19.7. The SMILES string of the molecule is C=CC(=O)N1CCC(Nc2ccc3ncnc(Nc4ccc(OCC5OCCCO5)c(Cl)c4)c3n2)C1. The molecule has 10 nitrogen and oxygen atoms in total. The van der Waals surface area contributed by atoms with Gasteiger partial charge in [0, 0.05) is 24.8 Å². The number of benzene rings is 1.